The molecule has 0 unspecified atom stereocenters. The van der Waals surface area contributed by atoms with Gasteiger partial charge < -0.3 is 0 Å². The molecule has 3 heterocycles. The number of thiophene rings is 1. The molecule has 0 aromatic carbocycles. The van der Waals surface area contributed by atoms with E-state index in [9.17, 15) is 4.79 Å². The van der Waals surface area contributed by atoms with Crippen molar-refractivity contribution in [2.75, 3.05) is 0 Å². The molecule has 0 aliphatic carbocycles. The van der Waals surface area contributed by atoms with Gasteiger partial charge in [0.1, 0.15) is 9.98 Å². The molecule has 0 bridgehead atoms. The van der Waals surface area contributed by atoms with E-state index in [2.05, 4.69) is 15.0 Å². The van der Waals surface area contributed by atoms with Crippen LogP contribution in [0.1, 0.15) is 16.3 Å². The Labute approximate surface area is 123 Å². The van der Waals surface area contributed by atoms with Crippen LogP contribution in [-0.4, -0.2) is 19.5 Å². The number of rotatable bonds is 2. The van der Waals surface area contributed by atoms with Crippen LogP contribution in [0.4, 0.5) is 0 Å². The Morgan fingerprint density at radius 3 is 2.90 bits per heavy atom. The lowest BCUT2D eigenvalue weighted by Gasteiger charge is -2.04. The van der Waals surface area contributed by atoms with Gasteiger partial charge >= 0.3 is 0 Å². The third-order valence-electron chi connectivity index (χ3n) is 3.13. The van der Waals surface area contributed by atoms with Crippen molar-refractivity contribution < 1.29 is 0 Å². The molecule has 3 aromatic rings. The monoisotopic (exact) mass is 306 g/mol. The molecular weight excluding hydrogens is 296 g/mol. The van der Waals surface area contributed by atoms with E-state index < -0.39 is 0 Å². The fraction of sp³-hybridized carbons (Fsp3) is 0.231. The van der Waals surface area contributed by atoms with Gasteiger partial charge in [-0.2, -0.15) is 0 Å². The average Bonchev–Trinajstić information content (AvgIpc) is 2.68. The number of halogens is 1. The average molecular weight is 307 g/mol. The molecule has 7 heteroatoms. The first-order valence-corrected chi connectivity index (χ1v) is 7.18. The fourth-order valence-corrected chi connectivity index (χ4v) is 3.40. The van der Waals surface area contributed by atoms with Crippen LogP contribution >= 0.6 is 22.9 Å². The normalized spacial score (nSPS) is 11.2. The smallest absolute Gasteiger partial charge is 0.253 e. The lowest BCUT2D eigenvalue weighted by atomic mass is 10.2. The Kier molecular flexibility index (Phi) is 3.27. The van der Waals surface area contributed by atoms with E-state index in [0.717, 1.165) is 15.8 Å². The van der Waals surface area contributed by atoms with Crippen molar-refractivity contribution >= 4 is 33.2 Å². The van der Waals surface area contributed by atoms with Crippen LogP contribution in [0.15, 0.2) is 23.4 Å². The molecule has 3 rings (SSSR count). The maximum atomic E-state index is 11.7. The number of hydrogen-bond donors (Lipinski definition) is 0. The predicted octanol–water partition coefficient (Wildman–Crippen LogP) is 2.57. The lowest BCUT2D eigenvalue weighted by molar-refractivity contribution is 0.701. The third kappa shape index (κ3) is 2.21. The first-order chi connectivity index (χ1) is 9.56. The van der Waals surface area contributed by atoms with Gasteiger partial charge in [-0.1, -0.05) is 11.6 Å². The molecule has 0 saturated heterocycles. The zero-order chi connectivity index (χ0) is 14.3. The largest absolute Gasteiger partial charge is 0.292 e. The van der Waals surface area contributed by atoms with E-state index in [4.69, 9.17) is 11.6 Å². The summed E-state index contributed by atoms with van der Waals surface area (Å²) >= 11 is 7.82. The quantitative estimate of drug-likeness (QED) is 0.683. The second-order valence-corrected chi connectivity index (χ2v) is 6.00. The predicted molar refractivity (Wildman–Crippen MR) is 79.5 cm³/mol. The van der Waals surface area contributed by atoms with E-state index in [-0.39, 0.29) is 12.1 Å². The molecule has 0 amide bonds. The maximum absolute atomic E-state index is 11.7. The van der Waals surface area contributed by atoms with Gasteiger partial charge in [0.05, 0.1) is 18.3 Å². The first-order valence-electron chi connectivity index (χ1n) is 5.99. The highest BCUT2D eigenvalue weighted by atomic mass is 35.5. The van der Waals surface area contributed by atoms with E-state index in [1.165, 1.54) is 28.0 Å². The molecule has 102 valence electrons. The van der Waals surface area contributed by atoms with Crippen LogP contribution in [0.3, 0.4) is 0 Å². The molecule has 20 heavy (non-hydrogen) atoms. The van der Waals surface area contributed by atoms with E-state index >= 15 is 0 Å². The lowest BCUT2D eigenvalue weighted by Crippen LogP contribution is -2.20. The summed E-state index contributed by atoms with van der Waals surface area (Å²) in [6.07, 6.45) is 2.93. The van der Waals surface area contributed by atoms with Gasteiger partial charge in [-0.3, -0.25) is 9.36 Å². The topological polar surface area (TPSA) is 60.7 Å². The Bertz CT molecular complexity index is 855. The molecule has 0 aliphatic rings. The summed E-state index contributed by atoms with van der Waals surface area (Å²) in [4.78, 5) is 26.4. The highest BCUT2D eigenvalue weighted by Crippen LogP contribution is 2.32. The minimum atomic E-state index is -0.140. The molecular formula is C13H11ClN4OS. The second-order valence-electron chi connectivity index (χ2n) is 4.44. The SMILES string of the molecule is Cc1sc2nc(Cn3cnccc3=O)nc(Cl)c2c1C. The minimum absolute atomic E-state index is 0.140. The van der Waals surface area contributed by atoms with Crippen molar-refractivity contribution in [3.8, 4) is 0 Å². The molecule has 3 aromatic heterocycles. The van der Waals surface area contributed by atoms with Gasteiger partial charge in [-0.05, 0) is 19.4 Å². The molecule has 0 fully saturated rings. The van der Waals surface area contributed by atoms with Gasteiger partial charge in [0, 0.05) is 17.1 Å². The maximum Gasteiger partial charge on any atom is 0.253 e. The Hall–Kier alpha value is -1.79. The van der Waals surface area contributed by atoms with E-state index in [1.54, 1.807) is 11.3 Å². The molecule has 0 spiro atoms. The van der Waals surface area contributed by atoms with Crippen LogP contribution < -0.4 is 5.56 Å². The van der Waals surface area contributed by atoms with Gasteiger partial charge in [-0.15, -0.1) is 11.3 Å². The van der Waals surface area contributed by atoms with Gasteiger partial charge in [0.2, 0.25) is 0 Å². The Balaban J connectivity index is 2.10. The standard InChI is InChI=1S/C13H11ClN4OS/c1-7-8(2)20-13-11(7)12(14)16-9(17-13)5-18-6-15-4-3-10(18)19/h3-4,6H,5H2,1-2H3. The van der Waals surface area contributed by atoms with Crippen molar-refractivity contribution in [1.29, 1.82) is 0 Å². The Morgan fingerprint density at radius 1 is 1.35 bits per heavy atom. The summed E-state index contributed by atoms with van der Waals surface area (Å²) in [7, 11) is 0. The van der Waals surface area contributed by atoms with Crippen LogP contribution in [0.25, 0.3) is 10.2 Å². The summed E-state index contributed by atoms with van der Waals surface area (Å²) in [5, 5.41) is 1.33. The van der Waals surface area contributed by atoms with Crippen LogP contribution in [0.2, 0.25) is 5.15 Å². The number of hydrogen-bond acceptors (Lipinski definition) is 5. The highest BCUT2D eigenvalue weighted by molar-refractivity contribution is 7.18. The minimum Gasteiger partial charge on any atom is -0.292 e. The fourth-order valence-electron chi connectivity index (χ4n) is 1.96. The summed E-state index contributed by atoms with van der Waals surface area (Å²) in [6, 6.07) is 1.40. The highest BCUT2D eigenvalue weighted by Gasteiger charge is 2.13. The first kappa shape index (κ1) is 13.2. The molecule has 0 aliphatic heterocycles. The van der Waals surface area contributed by atoms with Crippen molar-refractivity contribution in [1.82, 2.24) is 19.5 Å². The number of nitrogens with zero attached hydrogens (tertiary/aromatic N) is 4. The van der Waals surface area contributed by atoms with Gasteiger partial charge in [0.25, 0.3) is 5.56 Å². The van der Waals surface area contributed by atoms with Gasteiger partial charge in [-0.25, -0.2) is 15.0 Å². The number of fused-ring (bicyclic) bond motifs is 1. The molecule has 0 saturated carbocycles. The summed E-state index contributed by atoms with van der Waals surface area (Å²) < 4.78 is 1.45. The zero-order valence-corrected chi connectivity index (χ0v) is 12.5. The summed E-state index contributed by atoms with van der Waals surface area (Å²) in [5.41, 5.74) is 0.971. The van der Waals surface area contributed by atoms with Crippen molar-refractivity contribution in [3.05, 3.63) is 50.4 Å². The molecule has 0 N–H and O–H groups in total. The van der Waals surface area contributed by atoms with Crippen LogP contribution in [-0.2, 0) is 6.54 Å². The Morgan fingerprint density at radius 2 is 2.15 bits per heavy atom. The van der Waals surface area contributed by atoms with Gasteiger partial charge in [0.15, 0.2) is 5.82 Å². The van der Waals surface area contributed by atoms with E-state index in [0.29, 0.717) is 11.0 Å². The number of aromatic nitrogens is 4. The molecule has 0 radical (unpaired) electrons. The second kappa shape index (κ2) is 4.96. The van der Waals surface area contributed by atoms with E-state index in [1.807, 2.05) is 13.8 Å². The molecule has 5 nitrogen and oxygen atoms in total. The van der Waals surface area contributed by atoms with Crippen molar-refractivity contribution in [3.63, 3.8) is 0 Å². The number of aryl methyl sites for hydroxylation is 2. The van der Waals surface area contributed by atoms with Crippen molar-refractivity contribution in [2.45, 2.75) is 20.4 Å². The summed E-state index contributed by atoms with van der Waals surface area (Å²) in [6.45, 7) is 4.30. The van der Waals surface area contributed by atoms with Crippen LogP contribution in [0, 0.1) is 13.8 Å². The third-order valence-corrected chi connectivity index (χ3v) is 4.51. The molecule has 0 atom stereocenters. The van der Waals surface area contributed by atoms with Crippen molar-refractivity contribution in [2.24, 2.45) is 0 Å². The summed E-state index contributed by atoms with van der Waals surface area (Å²) in [5.74, 6) is 0.513. The zero-order valence-electron chi connectivity index (χ0n) is 10.9. The van der Waals surface area contributed by atoms with Crippen LogP contribution in [0.5, 0.6) is 0 Å².